The van der Waals surface area contributed by atoms with Crippen molar-refractivity contribution in [3.05, 3.63) is 51.7 Å². The van der Waals surface area contributed by atoms with Gasteiger partial charge in [-0.2, -0.15) is 0 Å². The number of hydrogen-bond acceptors (Lipinski definition) is 4. The number of nitrogens with one attached hydrogen (secondary N) is 1. The largest absolute Gasteiger partial charge is 0.494 e. The fourth-order valence-electron chi connectivity index (χ4n) is 2.31. The number of fused-ring (bicyclic) bond motifs is 1. The van der Waals surface area contributed by atoms with Crippen LogP contribution >= 0.6 is 22.9 Å². The summed E-state index contributed by atoms with van der Waals surface area (Å²) in [6.07, 6.45) is 1.50. The van der Waals surface area contributed by atoms with Gasteiger partial charge in [-0.15, -0.1) is 11.3 Å². The molecule has 6 nitrogen and oxygen atoms in total. The van der Waals surface area contributed by atoms with Crippen LogP contribution in [0.15, 0.2) is 36.2 Å². The molecule has 3 rings (SSSR count). The van der Waals surface area contributed by atoms with E-state index in [4.69, 9.17) is 16.7 Å². The van der Waals surface area contributed by atoms with E-state index in [-0.39, 0.29) is 12.4 Å². The Kier molecular flexibility index (Phi) is 4.46. The van der Waals surface area contributed by atoms with Crippen LogP contribution in [0.4, 0.5) is 4.79 Å². The number of halogens is 1. The third kappa shape index (κ3) is 3.37. The maximum Gasteiger partial charge on any atom is 0.325 e. The highest BCUT2D eigenvalue weighted by Crippen LogP contribution is 2.36. The quantitative estimate of drug-likeness (QED) is 0.777. The molecule has 0 unspecified atom stereocenters. The molecular formula is C16H13ClN2O4S. The standard InChI is InChI=1S/C16H13ClN2O4S/c17-11-3-1-9(2-4-11)12-5-10-8-19(14(20)6-13(10)24-12)16(23)18-7-15(21)22/h1-6,20H,7-8H2,(H,18,23)(H,21,22). The molecule has 0 spiro atoms. The molecule has 0 atom stereocenters. The molecule has 2 heterocycles. The van der Waals surface area contributed by atoms with Crippen molar-refractivity contribution in [3.63, 3.8) is 0 Å². The lowest BCUT2D eigenvalue weighted by molar-refractivity contribution is -0.135. The number of carboxylic acids is 1. The molecular weight excluding hydrogens is 352 g/mol. The normalized spacial score (nSPS) is 13.2. The lowest BCUT2D eigenvalue weighted by Crippen LogP contribution is -2.41. The molecule has 0 fully saturated rings. The Balaban J connectivity index is 1.82. The van der Waals surface area contributed by atoms with Gasteiger partial charge in [0.15, 0.2) is 5.88 Å². The van der Waals surface area contributed by atoms with Gasteiger partial charge in [0, 0.05) is 20.9 Å². The summed E-state index contributed by atoms with van der Waals surface area (Å²) in [5, 5.41) is 21.5. The van der Waals surface area contributed by atoms with Crippen LogP contribution in [0.3, 0.4) is 0 Å². The van der Waals surface area contributed by atoms with E-state index < -0.39 is 18.5 Å². The number of urea groups is 1. The maximum absolute atomic E-state index is 12.0. The van der Waals surface area contributed by atoms with E-state index in [9.17, 15) is 14.7 Å². The van der Waals surface area contributed by atoms with Crippen LogP contribution < -0.4 is 5.32 Å². The number of carbonyl (C=O) groups excluding carboxylic acids is 1. The molecule has 0 bridgehead atoms. The first-order valence-electron chi connectivity index (χ1n) is 7.00. The number of carbonyl (C=O) groups is 2. The fraction of sp³-hybridized carbons (Fsp3) is 0.125. The number of amides is 2. The van der Waals surface area contributed by atoms with Crippen LogP contribution in [0.2, 0.25) is 5.02 Å². The summed E-state index contributed by atoms with van der Waals surface area (Å²) in [6, 6.07) is 8.70. The van der Waals surface area contributed by atoms with Crippen molar-refractivity contribution < 1.29 is 19.8 Å². The minimum Gasteiger partial charge on any atom is -0.494 e. The third-order valence-corrected chi connectivity index (χ3v) is 4.90. The second-order valence-electron chi connectivity index (χ2n) is 5.15. The van der Waals surface area contributed by atoms with Gasteiger partial charge in [-0.25, -0.2) is 4.79 Å². The van der Waals surface area contributed by atoms with E-state index in [1.165, 1.54) is 17.4 Å². The molecule has 24 heavy (non-hydrogen) atoms. The number of benzene rings is 1. The molecule has 1 aliphatic heterocycles. The van der Waals surface area contributed by atoms with E-state index in [0.29, 0.717) is 5.02 Å². The highest BCUT2D eigenvalue weighted by Gasteiger charge is 2.25. The number of hydrogen-bond donors (Lipinski definition) is 3. The first-order chi connectivity index (χ1) is 11.4. The zero-order valence-corrected chi connectivity index (χ0v) is 13.9. The lowest BCUT2D eigenvalue weighted by Gasteiger charge is -2.24. The van der Waals surface area contributed by atoms with Gasteiger partial charge in [0.2, 0.25) is 0 Å². The number of nitrogens with zero attached hydrogens (tertiary/aromatic N) is 1. The van der Waals surface area contributed by atoms with Gasteiger partial charge < -0.3 is 15.5 Å². The number of aliphatic carboxylic acids is 1. The van der Waals surface area contributed by atoms with E-state index in [2.05, 4.69) is 5.32 Å². The molecule has 3 N–H and O–H groups in total. The minimum atomic E-state index is -1.15. The summed E-state index contributed by atoms with van der Waals surface area (Å²) in [7, 11) is 0. The molecule has 2 amide bonds. The minimum absolute atomic E-state index is 0.174. The first kappa shape index (κ1) is 16.4. The van der Waals surface area contributed by atoms with Crippen molar-refractivity contribution in [1.29, 1.82) is 0 Å². The van der Waals surface area contributed by atoms with Crippen LogP contribution in [0.25, 0.3) is 16.5 Å². The molecule has 124 valence electrons. The molecule has 2 aromatic rings. The fourth-order valence-corrected chi connectivity index (χ4v) is 3.55. The Labute approximate surface area is 146 Å². The van der Waals surface area contributed by atoms with Crippen LogP contribution in [0, 0.1) is 0 Å². The van der Waals surface area contributed by atoms with Gasteiger partial charge >= 0.3 is 12.0 Å². The van der Waals surface area contributed by atoms with Crippen molar-refractivity contribution >= 4 is 41.0 Å². The number of aliphatic hydroxyl groups is 1. The van der Waals surface area contributed by atoms with Crippen molar-refractivity contribution in [1.82, 2.24) is 10.2 Å². The molecule has 1 aliphatic rings. The van der Waals surface area contributed by atoms with Gasteiger partial charge in [-0.3, -0.25) is 9.69 Å². The summed E-state index contributed by atoms with van der Waals surface area (Å²) >= 11 is 7.39. The van der Waals surface area contributed by atoms with Crippen molar-refractivity contribution in [2.75, 3.05) is 6.54 Å². The molecule has 0 radical (unpaired) electrons. The van der Waals surface area contributed by atoms with Gasteiger partial charge in [0.05, 0.1) is 6.54 Å². The van der Waals surface area contributed by atoms with Gasteiger partial charge in [0.1, 0.15) is 6.54 Å². The maximum atomic E-state index is 12.0. The van der Waals surface area contributed by atoms with Gasteiger partial charge in [-0.05, 0) is 29.3 Å². The Morgan fingerprint density at radius 2 is 2.00 bits per heavy atom. The second-order valence-corrected chi connectivity index (χ2v) is 6.67. The Morgan fingerprint density at radius 3 is 2.67 bits per heavy atom. The topological polar surface area (TPSA) is 89.9 Å². The second kappa shape index (κ2) is 6.54. The summed E-state index contributed by atoms with van der Waals surface area (Å²) in [4.78, 5) is 25.5. The van der Waals surface area contributed by atoms with Crippen molar-refractivity contribution in [2.24, 2.45) is 0 Å². The molecule has 1 aromatic carbocycles. The zero-order chi connectivity index (χ0) is 17.3. The Morgan fingerprint density at radius 1 is 1.29 bits per heavy atom. The molecule has 0 saturated heterocycles. The summed E-state index contributed by atoms with van der Waals surface area (Å²) in [6.45, 7) is -0.331. The molecule has 0 saturated carbocycles. The van der Waals surface area contributed by atoms with E-state index in [1.54, 1.807) is 12.1 Å². The predicted molar refractivity (Wildman–Crippen MR) is 91.9 cm³/mol. The van der Waals surface area contributed by atoms with Gasteiger partial charge in [0.25, 0.3) is 0 Å². The van der Waals surface area contributed by atoms with Crippen LogP contribution in [-0.4, -0.2) is 33.7 Å². The summed E-state index contributed by atoms with van der Waals surface area (Å²) < 4.78 is 0. The average Bonchev–Trinajstić information content (AvgIpc) is 2.95. The molecule has 8 heteroatoms. The summed E-state index contributed by atoms with van der Waals surface area (Å²) in [5.41, 5.74) is 1.88. The predicted octanol–water partition coefficient (Wildman–Crippen LogP) is 3.53. The first-order valence-corrected chi connectivity index (χ1v) is 8.20. The number of aliphatic hydroxyl groups excluding tert-OH is 1. The number of thiophene rings is 1. The van der Waals surface area contributed by atoms with Crippen LogP contribution in [0.5, 0.6) is 0 Å². The highest BCUT2D eigenvalue weighted by atomic mass is 35.5. The van der Waals surface area contributed by atoms with E-state index >= 15 is 0 Å². The monoisotopic (exact) mass is 364 g/mol. The SMILES string of the molecule is O=C(O)CNC(=O)N1Cc2cc(-c3ccc(Cl)cc3)sc2C=C1O. The van der Waals surface area contributed by atoms with Crippen molar-refractivity contribution in [3.8, 4) is 10.4 Å². The zero-order valence-electron chi connectivity index (χ0n) is 12.3. The third-order valence-electron chi connectivity index (χ3n) is 3.47. The Hall–Kier alpha value is -2.51. The lowest BCUT2D eigenvalue weighted by atomic mass is 10.1. The summed E-state index contributed by atoms with van der Waals surface area (Å²) in [5.74, 6) is -1.36. The van der Waals surface area contributed by atoms with Gasteiger partial charge in [-0.1, -0.05) is 23.7 Å². The smallest absolute Gasteiger partial charge is 0.325 e. The van der Waals surface area contributed by atoms with Crippen LogP contribution in [0.1, 0.15) is 10.4 Å². The van der Waals surface area contributed by atoms with E-state index in [1.807, 2.05) is 18.2 Å². The number of rotatable bonds is 3. The molecule has 0 aliphatic carbocycles. The highest BCUT2D eigenvalue weighted by molar-refractivity contribution is 7.16. The number of carboxylic acid groups (broad SMARTS) is 1. The van der Waals surface area contributed by atoms with Crippen molar-refractivity contribution in [2.45, 2.75) is 6.54 Å². The van der Waals surface area contributed by atoms with E-state index in [0.717, 1.165) is 25.8 Å². The molecule has 1 aromatic heterocycles. The van der Waals surface area contributed by atoms with Crippen LogP contribution in [-0.2, 0) is 11.3 Å². The Bertz CT molecular complexity index is 829. The average molecular weight is 365 g/mol.